The topological polar surface area (TPSA) is 29.1 Å². The first-order valence-electron chi connectivity index (χ1n) is 8.07. The highest BCUT2D eigenvalue weighted by Crippen LogP contribution is 2.26. The first-order valence-corrected chi connectivity index (χ1v) is 8.83. The van der Waals surface area contributed by atoms with Gasteiger partial charge in [0.25, 0.3) is 0 Å². The van der Waals surface area contributed by atoms with Crippen LogP contribution in [0.5, 0.6) is 0 Å². The van der Waals surface area contributed by atoms with Gasteiger partial charge in [0.05, 0.1) is 6.04 Å². The zero-order valence-corrected chi connectivity index (χ0v) is 15.3. The summed E-state index contributed by atoms with van der Waals surface area (Å²) in [7, 11) is 0. The largest absolute Gasteiger partial charge is 0.378 e. The van der Waals surface area contributed by atoms with Gasteiger partial charge in [-0.15, -0.1) is 0 Å². The number of Topliss-reactive ketones (excluding diaryl/α,β-unsaturated/α-hetero) is 1. The second-order valence-corrected chi connectivity index (χ2v) is 6.77. The normalized spacial score (nSPS) is 11.8. The molecule has 0 aromatic heterocycles. The van der Waals surface area contributed by atoms with E-state index in [-0.39, 0.29) is 24.1 Å². The van der Waals surface area contributed by atoms with Crippen molar-refractivity contribution in [2.45, 2.75) is 12.5 Å². The molecule has 1 unspecified atom stereocenters. The fraction of sp³-hybridized carbons (Fsp3) is 0.0952. The summed E-state index contributed by atoms with van der Waals surface area (Å²) in [5, 5.41) is 4.49. The van der Waals surface area contributed by atoms with E-state index in [1.165, 1.54) is 12.1 Å². The van der Waals surface area contributed by atoms with Crippen LogP contribution in [0.25, 0.3) is 0 Å². The highest BCUT2D eigenvalue weighted by Gasteiger charge is 2.18. The first-order chi connectivity index (χ1) is 12.5. The van der Waals surface area contributed by atoms with Gasteiger partial charge in [-0.1, -0.05) is 41.4 Å². The highest BCUT2D eigenvalue weighted by atomic mass is 35.5. The predicted molar refractivity (Wildman–Crippen MR) is 105 cm³/mol. The van der Waals surface area contributed by atoms with Gasteiger partial charge in [-0.25, -0.2) is 4.39 Å². The number of benzene rings is 3. The molecule has 0 aliphatic heterocycles. The second-order valence-electron chi connectivity index (χ2n) is 5.89. The van der Waals surface area contributed by atoms with Crippen molar-refractivity contribution in [3.63, 3.8) is 0 Å². The van der Waals surface area contributed by atoms with Crippen LogP contribution < -0.4 is 5.32 Å². The molecule has 1 N–H and O–H groups in total. The van der Waals surface area contributed by atoms with Crippen LogP contribution in [0.2, 0.25) is 10.0 Å². The van der Waals surface area contributed by atoms with Crippen LogP contribution in [-0.2, 0) is 0 Å². The number of anilines is 1. The molecule has 0 aliphatic rings. The molecule has 3 aromatic carbocycles. The van der Waals surface area contributed by atoms with Crippen molar-refractivity contribution in [2.24, 2.45) is 0 Å². The van der Waals surface area contributed by atoms with Crippen LogP contribution in [0.4, 0.5) is 10.1 Å². The van der Waals surface area contributed by atoms with Crippen LogP contribution in [0, 0.1) is 5.82 Å². The molecule has 1 atom stereocenters. The first kappa shape index (κ1) is 18.4. The summed E-state index contributed by atoms with van der Waals surface area (Å²) in [4.78, 5) is 12.7. The van der Waals surface area contributed by atoms with Crippen LogP contribution >= 0.6 is 23.2 Å². The Kier molecular flexibility index (Phi) is 5.92. The molecule has 0 fully saturated rings. The fourth-order valence-corrected chi connectivity index (χ4v) is 2.98. The molecule has 0 spiro atoms. The molecule has 26 heavy (non-hydrogen) atoms. The molecule has 0 aliphatic carbocycles. The lowest BCUT2D eigenvalue weighted by molar-refractivity contribution is 0.0976. The van der Waals surface area contributed by atoms with Gasteiger partial charge in [-0.3, -0.25) is 4.79 Å². The van der Waals surface area contributed by atoms with Crippen molar-refractivity contribution >= 4 is 34.7 Å². The monoisotopic (exact) mass is 387 g/mol. The minimum absolute atomic E-state index is 0.0366. The van der Waals surface area contributed by atoms with Gasteiger partial charge >= 0.3 is 0 Å². The van der Waals surface area contributed by atoms with Gasteiger partial charge < -0.3 is 5.32 Å². The molecule has 0 heterocycles. The van der Waals surface area contributed by atoms with Crippen molar-refractivity contribution in [3.05, 3.63) is 99.8 Å². The molecule has 0 bridgehead atoms. The number of hydrogen-bond acceptors (Lipinski definition) is 2. The van der Waals surface area contributed by atoms with E-state index < -0.39 is 0 Å². The van der Waals surface area contributed by atoms with Gasteiger partial charge in [0.1, 0.15) is 5.82 Å². The Morgan fingerprint density at radius 1 is 0.923 bits per heavy atom. The Labute approximate surface area is 161 Å². The van der Waals surface area contributed by atoms with Crippen molar-refractivity contribution in [1.29, 1.82) is 0 Å². The zero-order chi connectivity index (χ0) is 18.5. The number of hydrogen-bond donors (Lipinski definition) is 1. The number of nitrogens with one attached hydrogen (secondary N) is 1. The van der Waals surface area contributed by atoms with Crippen molar-refractivity contribution < 1.29 is 9.18 Å². The SMILES string of the molecule is O=C(CC(Nc1cccc(Cl)c1)c1ccc(F)cc1)c1ccc(Cl)cc1. The Hall–Kier alpha value is -2.36. The van der Waals surface area contributed by atoms with Crippen molar-refractivity contribution in [2.75, 3.05) is 5.32 Å². The number of carbonyl (C=O) groups is 1. The molecule has 132 valence electrons. The maximum absolute atomic E-state index is 13.3. The summed E-state index contributed by atoms with van der Waals surface area (Å²) in [5.41, 5.74) is 2.18. The smallest absolute Gasteiger partial charge is 0.165 e. The maximum Gasteiger partial charge on any atom is 0.165 e. The summed E-state index contributed by atoms with van der Waals surface area (Å²) in [5.74, 6) is -0.357. The summed E-state index contributed by atoms with van der Waals surface area (Å²) in [6.45, 7) is 0. The number of halogens is 3. The summed E-state index contributed by atoms with van der Waals surface area (Å²) in [6, 6.07) is 19.8. The number of rotatable bonds is 6. The van der Waals surface area contributed by atoms with E-state index in [1.807, 2.05) is 12.1 Å². The molecule has 0 saturated heterocycles. The third-order valence-corrected chi connectivity index (χ3v) is 4.48. The van der Waals surface area contributed by atoms with Gasteiger partial charge in [0.15, 0.2) is 5.78 Å². The Morgan fingerprint density at radius 2 is 1.62 bits per heavy atom. The number of carbonyl (C=O) groups excluding carboxylic acids is 1. The van der Waals surface area contributed by atoms with Crippen molar-refractivity contribution in [1.82, 2.24) is 0 Å². The van der Waals surface area contributed by atoms with Crippen LogP contribution in [-0.4, -0.2) is 5.78 Å². The molecule has 0 amide bonds. The van der Waals surface area contributed by atoms with E-state index in [0.717, 1.165) is 11.3 Å². The molecular formula is C21H16Cl2FNO. The molecule has 5 heteroatoms. The third kappa shape index (κ3) is 4.84. The standard InChI is InChI=1S/C21H16Cl2FNO/c22-16-8-4-15(5-9-16)21(26)13-20(14-6-10-18(24)11-7-14)25-19-3-1-2-17(23)12-19/h1-12,20,25H,13H2. The van der Waals surface area contributed by atoms with Crippen LogP contribution in [0.3, 0.4) is 0 Å². The molecule has 3 rings (SSSR count). The lowest BCUT2D eigenvalue weighted by Gasteiger charge is -2.20. The highest BCUT2D eigenvalue weighted by molar-refractivity contribution is 6.31. The average molecular weight is 388 g/mol. The minimum atomic E-state index is -0.322. The van der Waals surface area contributed by atoms with E-state index in [1.54, 1.807) is 48.5 Å². The molecule has 2 nitrogen and oxygen atoms in total. The van der Waals surface area contributed by atoms with E-state index in [9.17, 15) is 9.18 Å². The van der Waals surface area contributed by atoms with Gasteiger partial charge in [-0.2, -0.15) is 0 Å². The molecule has 0 radical (unpaired) electrons. The van der Waals surface area contributed by atoms with E-state index >= 15 is 0 Å². The summed E-state index contributed by atoms with van der Waals surface area (Å²) in [6.07, 6.45) is 0.208. The maximum atomic E-state index is 13.3. The quantitative estimate of drug-likeness (QED) is 0.485. The van der Waals surface area contributed by atoms with E-state index in [2.05, 4.69) is 5.32 Å². The Morgan fingerprint density at radius 3 is 2.27 bits per heavy atom. The predicted octanol–water partition coefficient (Wildman–Crippen LogP) is 6.56. The fourth-order valence-electron chi connectivity index (χ4n) is 2.67. The minimum Gasteiger partial charge on any atom is -0.378 e. The second kappa shape index (κ2) is 8.35. The van der Waals surface area contributed by atoms with Crippen molar-refractivity contribution in [3.8, 4) is 0 Å². The number of ketones is 1. The Balaban J connectivity index is 1.85. The lowest BCUT2D eigenvalue weighted by atomic mass is 9.97. The van der Waals surface area contributed by atoms with Gasteiger partial charge in [0.2, 0.25) is 0 Å². The lowest BCUT2D eigenvalue weighted by Crippen LogP contribution is -2.16. The zero-order valence-electron chi connectivity index (χ0n) is 13.8. The van der Waals surface area contributed by atoms with Gasteiger partial charge in [-0.05, 0) is 60.2 Å². The van der Waals surface area contributed by atoms with E-state index in [0.29, 0.717) is 15.6 Å². The molecule has 0 saturated carbocycles. The third-order valence-electron chi connectivity index (χ3n) is 3.99. The van der Waals surface area contributed by atoms with E-state index in [4.69, 9.17) is 23.2 Å². The summed E-state index contributed by atoms with van der Waals surface area (Å²) < 4.78 is 13.3. The van der Waals surface area contributed by atoms with Gasteiger partial charge in [0, 0.05) is 27.7 Å². The van der Waals surface area contributed by atoms with Crippen LogP contribution in [0.1, 0.15) is 28.4 Å². The summed E-state index contributed by atoms with van der Waals surface area (Å²) >= 11 is 11.9. The Bertz CT molecular complexity index is 895. The van der Waals surface area contributed by atoms with Crippen LogP contribution in [0.15, 0.2) is 72.8 Å². The molecular weight excluding hydrogens is 372 g/mol. The average Bonchev–Trinajstić information content (AvgIpc) is 2.62. The molecule has 3 aromatic rings.